The summed E-state index contributed by atoms with van der Waals surface area (Å²) in [5.41, 5.74) is 2.66. The molecule has 23 heavy (non-hydrogen) atoms. The number of hydrogen-bond donors (Lipinski definition) is 1. The highest BCUT2D eigenvalue weighted by Crippen LogP contribution is 2.19. The van der Waals surface area contributed by atoms with E-state index in [1.165, 1.54) is 6.26 Å². The lowest BCUT2D eigenvalue weighted by Crippen LogP contribution is -2.08. The normalized spacial score (nSPS) is 10.3. The second-order valence-electron chi connectivity index (χ2n) is 4.88. The molecule has 5 nitrogen and oxygen atoms in total. The van der Waals surface area contributed by atoms with Gasteiger partial charge in [-0.15, -0.1) is 0 Å². The van der Waals surface area contributed by atoms with E-state index in [-0.39, 0.29) is 6.61 Å². The molecule has 0 aliphatic rings. The molecular formula is C18H16N2O3. The number of oxazole rings is 1. The van der Waals surface area contributed by atoms with Crippen LogP contribution in [0.3, 0.4) is 0 Å². The van der Waals surface area contributed by atoms with Crippen molar-refractivity contribution in [2.75, 3.05) is 12.4 Å². The van der Waals surface area contributed by atoms with Crippen LogP contribution < -0.4 is 5.32 Å². The number of carbonyl (C=O) groups is 1. The lowest BCUT2D eigenvalue weighted by atomic mass is 10.2. The topological polar surface area (TPSA) is 64.4 Å². The van der Waals surface area contributed by atoms with E-state index < -0.39 is 5.97 Å². The average Bonchev–Trinajstić information content (AvgIpc) is 3.09. The van der Waals surface area contributed by atoms with Gasteiger partial charge in [-0.3, -0.25) is 0 Å². The molecule has 0 saturated carbocycles. The molecule has 3 rings (SSSR count). The Labute approximate surface area is 133 Å². The van der Waals surface area contributed by atoms with E-state index in [0.717, 1.165) is 11.3 Å². The Bertz CT molecular complexity index is 797. The van der Waals surface area contributed by atoms with Crippen LogP contribution in [0.5, 0.6) is 0 Å². The van der Waals surface area contributed by atoms with Gasteiger partial charge in [0, 0.05) is 18.3 Å². The Morgan fingerprint density at radius 2 is 1.87 bits per heavy atom. The van der Waals surface area contributed by atoms with Crippen molar-refractivity contribution in [3.05, 3.63) is 72.1 Å². The van der Waals surface area contributed by atoms with E-state index in [4.69, 9.17) is 9.15 Å². The molecule has 0 aliphatic heterocycles. The Hall–Kier alpha value is -3.08. The van der Waals surface area contributed by atoms with Crippen LogP contribution in [0.15, 0.2) is 65.3 Å². The third kappa shape index (κ3) is 3.40. The van der Waals surface area contributed by atoms with Crippen LogP contribution in [0.4, 0.5) is 5.69 Å². The lowest BCUT2D eigenvalue weighted by molar-refractivity contribution is 0.0469. The van der Waals surface area contributed by atoms with Crippen LogP contribution in [0.2, 0.25) is 0 Å². The number of anilines is 1. The second-order valence-corrected chi connectivity index (χ2v) is 4.88. The van der Waals surface area contributed by atoms with Gasteiger partial charge in [0.1, 0.15) is 18.6 Å². The Morgan fingerprint density at radius 1 is 1.13 bits per heavy atom. The maximum Gasteiger partial charge on any atom is 0.340 e. The van der Waals surface area contributed by atoms with Gasteiger partial charge >= 0.3 is 5.97 Å². The number of hydrogen-bond acceptors (Lipinski definition) is 5. The molecule has 1 N–H and O–H groups in total. The van der Waals surface area contributed by atoms with Gasteiger partial charge in [0.2, 0.25) is 5.89 Å². The number of esters is 1. The number of carbonyl (C=O) groups excluding carboxylic acids is 1. The van der Waals surface area contributed by atoms with Gasteiger partial charge in [-0.1, -0.05) is 30.3 Å². The fourth-order valence-corrected chi connectivity index (χ4v) is 2.18. The van der Waals surface area contributed by atoms with Crippen LogP contribution >= 0.6 is 0 Å². The monoisotopic (exact) mass is 308 g/mol. The Kier molecular flexibility index (Phi) is 4.38. The molecule has 0 unspecified atom stereocenters. The fourth-order valence-electron chi connectivity index (χ4n) is 2.18. The first-order chi connectivity index (χ1) is 11.3. The quantitative estimate of drug-likeness (QED) is 0.727. The lowest BCUT2D eigenvalue weighted by Gasteiger charge is -2.07. The van der Waals surface area contributed by atoms with Crippen LogP contribution in [0, 0.1) is 0 Å². The molecule has 0 aliphatic carbocycles. The van der Waals surface area contributed by atoms with Crippen LogP contribution in [0.25, 0.3) is 11.5 Å². The number of para-hydroxylation sites is 1. The molecule has 0 radical (unpaired) electrons. The van der Waals surface area contributed by atoms with Crippen LogP contribution in [0.1, 0.15) is 16.1 Å². The highest BCUT2D eigenvalue weighted by molar-refractivity contribution is 5.95. The number of rotatable bonds is 5. The maximum absolute atomic E-state index is 12.2. The summed E-state index contributed by atoms with van der Waals surface area (Å²) in [5.74, 6) is 0.103. The Morgan fingerprint density at radius 3 is 2.65 bits per heavy atom. The summed E-state index contributed by atoms with van der Waals surface area (Å²) in [6.07, 6.45) is 1.50. The molecule has 1 aromatic heterocycles. The Balaban J connectivity index is 1.67. The molecule has 0 bridgehead atoms. The molecule has 0 amide bonds. The molecule has 0 spiro atoms. The largest absolute Gasteiger partial charge is 0.455 e. The number of aromatic nitrogens is 1. The van der Waals surface area contributed by atoms with E-state index in [0.29, 0.717) is 17.1 Å². The molecule has 0 saturated heterocycles. The molecule has 2 aromatic carbocycles. The van der Waals surface area contributed by atoms with Crippen molar-refractivity contribution in [2.45, 2.75) is 6.61 Å². The minimum absolute atomic E-state index is 0.0627. The summed E-state index contributed by atoms with van der Waals surface area (Å²) in [6.45, 7) is 0.0627. The van der Waals surface area contributed by atoms with E-state index in [1.807, 2.05) is 42.5 Å². The standard InChI is InChI=1S/C18H16N2O3/c1-19-16-10-6-5-9-15(16)18(21)23-12-14-11-22-17(20-14)13-7-3-2-4-8-13/h2-11,19H,12H2,1H3. The smallest absolute Gasteiger partial charge is 0.340 e. The van der Waals surface area contributed by atoms with Crippen molar-refractivity contribution in [2.24, 2.45) is 0 Å². The van der Waals surface area contributed by atoms with Crippen molar-refractivity contribution in [1.29, 1.82) is 0 Å². The van der Waals surface area contributed by atoms with E-state index in [2.05, 4.69) is 10.3 Å². The zero-order chi connectivity index (χ0) is 16.1. The maximum atomic E-state index is 12.2. The molecule has 0 fully saturated rings. The summed E-state index contributed by atoms with van der Waals surface area (Å²) in [7, 11) is 1.76. The first-order valence-corrected chi connectivity index (χ1v) is 7.21. The SMILES string of the molecule is CNc1ccccc1C(=O)OCc1coc(-c2ccccc2)n1. The van der Waals surface area contributed by atoms with Gasteiger partial charge in [-0.25, -0.2) is 9.78 Å². The van der Waals surface area contributed by atoms with Crippen LogP contribution in [-0.4, -0.2) is 18.0 Å². The number of nitrogens with zero attached hydrogens (tertiary/aromatic N) is 1. The van der Waals surface area contributed by atoms with Gasteiger partial charge in [0.05, 0.1) is 5.56 Å². The molecule has 5 heteroatoms. The molecule has 3 aromatic rings. The highest BCUT2D eigenvalue weighted by Gasteiger charge is 2.13. The van der Waals surface area contributed by atoms with Crippen molar-refractivity contribution < 1.29 is 13.9 Å². The number of nitrogens with one attached hydrogen (secondary N) is 1. The molecule has 116 valence electrons. The number of benzene rings is 2. The van der Waals surface area contributed by atoms with E-state index >= 15 is 0 Å². The number of ether oxygens (including phenoxy) is 1. The summed E-state index contributed by atoms with van der Waals surface area (Å²) in [4.78, 5) is 16.5. The zero-order valence-corrected chi connectivity index (χ0v) is 12.7. The average molecular weight is 308 g/mol. The molecule has 0 atom stereocenters. The van der Waals surface area contributed by atoms with Gasteiger partial charge in [-0.2, -0.15) is 0 Å². The first-order valence-electron chi connectivity index (χ1n) is 7.21. The van der Waals surface area contributed by atoms with Crippen LogP contribution in [-0.2, 0) is 11.3 Å². The van der Waals surface area contributed by atoms with Gasteiger partial charge in [-0.05, 0) is 24.3 Å². The molecular weight excluding hydrogens is 292 g/mol. The zero-order valence-electron chi connectivity index (χ0n) is 12.7. The first kappa shape index (κ1) is 14.8. The fraction of sp³-hybridized carbons (Fsp3) is 0.111. The van der Waals surface area contributed by atoms with Crippen molar-refractivity contribution >= 4 is 11.7 Å². The summed E-state index contributed by atoms with van der Waals surface area (Å²) in [5, 5.41) is 2.97. The van der Waals surface area contributed by atoms with Gasteiger partial charge in [0.15, 0.2) is 0 Å². The predicted octanol–water partition coefficient (Wildman–Crippen LogP) is 3.74. The van der Waals surface area contributed by atoms with Gasteiger partial charge < -0.3 is 14.5 Å². The summed E-state index contributed by atoms with van der Waals surface area (Å²) >= 11 is 0. The van der Waals surface area contributed by atoms with E-state index in [1.54, 1.807) is 19.2 Å². The highest BCUT2D eigenvalue weighted by atomic mass is 16.5. The second kappa shape index (κ2) is 6.79. The minimum atomic E-state index is -0.404. The predicted molar refractivity (Wildman–Crippen MR) is 87.0 cm³/mol. The summed E-state index contributed by atoms with van der Waals surface area (Å²) < 4.78 is 10.7. The van der Waals surface area contributed by atoms with E-state index in [9.17, 15) is 4.79 Å². The van der Waals surface area contributed by atoms with Crippen molar-refractivity contribution in [3.8, 4) is 11.5 Å². The third-order valence-electron chi connectivity index (χ3n) is 3.34. The minimum Gasteiger partial charge on any atom is -0.455 e. The summed E-state index contributed by atoms with van der Waals surface area (Å²) in [6, 6.07) is 16.7. The third-order valence-corrected chi connectivity index (χ3v) is 3.34. The van der Waals surface area contributed by atoms with Crippen molar-refractivity contribution in [1.82, 2.24) is 4.98 Å². The van der Waals surface area contributed by atoms with Crippen molar-refractivity contribution in [3.63, 3.8) is 0 Å². The molecule has 1 heterocycles. The van der Waals surface area contributed by atoms with Gasteiger partial charge in [0.25, 0.3) is 0 Å².